The van der Waals surface area contributed by atoms with Gasteiger partial charge in [-0.2, -0.15) is 13.2 Å². The Morgan fingerprint density at radius 3 is 2.00 bits per heavy atom. The van der Waals surface area contributed by atoms with Gasteiger partial charge in [0.15, 0.2) is 6.61 Å². The molecule has 0 aromatic heterocycles. The molecule has 2 nitrogen and oxygen atoms in total. The van der Waals surface area contributed by atoms with E-state index in [2.05, 4.69) is 24.5 Å². The van der Waals surface area contributed by atoms with Crippen molar-refractivity contribution in [2.45, 2.75) is 13.1 Å². The smallest absolute Gasteiger partial charge is 0.422 e. The Kier molecular flexibility index (Phi) is 6.89. The van der Waals surface area contributed by atoms with E-state index in [-0.39, 0.29) is 5.57 Å². The zero-order chi connectivity index (χ0) is 11.1. The third-order valence-corrected chi connectivity index (χ3v) is 0.715. The summed E-state index contributed by atoms with van der Waals surface area (Å²) in [5, 5.41) is 0. The first-order valence-corrected chi connectivity index (χ1v) is 3.22. The number of hydrogen-bond donors (Lipinski definition) is 0. The number of carbonyl (C=O) groups excluding carboxylic acids is 1. The van der Waals surface area contributed by atoms with Gasteiger partial charge >= 0.3 is 12.1 Å². The van der Waals surface area contributed by atoms with Gasteiger partial charge in [0.05, 0.1) is 0 Å². The van der Waals surface area contributed by atoms with E-state index in [0.29, 0.717) is 0 Å². The van der Waals surface area contributed by atoms with Gasteiger partial charge in [-0.1, -0.05) is 6.58 Å². The average molecular weight is 196 g/mol. The number of rotatable bonds is 2. The highest BCUT2D eigenvalue weighted by Crippen LogP contribution is 2.14. The summed E-state index contributed by atoms with van der Waals surface area (Å²) in [6, 6.07) is 0. The molecule has 0 N–H and O–H groups in total. The van der Waals surface area contributed by atoms with E-state index < -0.39 is 18.8 Å². The van der Waals surface area contributed by atoms with Crippen LogP contribution in [0, 0.1) is 0 Å². The van der Waals surface area contributed by atoms with Gasteiger partial charge in [-0.15, -0.1) is 13.2 Å². The summed E-state index contributed by atoms with van der Waals surface area (Å²) in [5.41, 5.74) is -0.0470. The molecule has 76 valence electrons. The predicted octanol–water partition coefficient (Wildman–Crippen LogP) is 2.47. The minimum atomic E-state index is -4.47. The predicted molar refractivity (Wildman–Crippen MR) is 43.1 cm³/mol. The monoisotopic (exact) mass is 196 g/mol. The Hall–Kier alpha value is -1.26. The second kappa shape index (κ2) is 6.28. The molecule has 0 saturated heterocycles. The van der Waals surface area contributed by atoms with E-state index in [0.717, 1.165) is 0 Å². The van der Waals surface area contributed by atoms with Crippen LogP contribution in [0.2, 0.25) is 0 Å². The van der Waals surface area contributed by atoms with E-state index in [1.165, 1.54) is 6.92 Å². The maximum Gasteiger partial charge on any atom is 0.422 e. The number of ether oxygens (including phenoxy) is 1. The molecule has 0 saturated carbocycles. The Balaban J connectivity index is 0. The lowest BCUT2D eigenvalue weighted by atomic mass is 10.4. The van der Waals surface area contributed by atoms with E-state index in [9.17, 15) is 18.0 Å². The third kappa shape index (κ3) is 10.7. The molecule has 0 aromatic rings. The van der Waals surface area contributed by atoms with Gasteiger partial charge in [0.1, 0.15) is 0 Å². The first-order chi connectivity index (χ1) is 5.83. The highest BCUT2D eigenvalue weighted by atomic mass is 19.4. The van der Waals surface area contributed by atoms with Gasteiger partial charge in [-0.05, 0) is 6.92 Å². The van der Waals surface area contributed by atoms with Crippen molar-refractivity contribution >= 4 is 5.97 Å². The van der Waals surface area contributed by atoms with Crippen molar-refractivity contribution in [3.63, 3.8) is 0 Å². The summed E-state index contributed by atoms with van der Waals surface area (Å²) in [4.78, 5) is 10.4. The van der Waals surface area contributed by atoms with Crippen LogP contribution < -0.4 is 0 Å². The van der Waals surface area contributed by atoms with Crippen LogP contribution in [-0.2, 0) is 9.53 Å². The van der Waals surface area contributed by atoms with Crippen LogP contribution >= 0.6 is 0 Å². The lowest BCUT2D eigenvalue weighted by molar-refractivity contribution is -0.183. The van der Waals surface area contributed by atoms with E-state index in [1.54, 1.807) is 0 Å². The van der Waals surface area contributed by atoms with Gasteiger partial charge in [-0.25, -0.2) is 4.79 Å². The van der Waals surface area contributed by atoms with Gasteiger partial charge in [-0.3, -0.25) is 0 Å². The van der Waals surface area contributed by atoms with Crippen LogP contribution in [0.25, 0.3) is 0 Å². The molecule has 0 bridgehead atoms. The molecule has 0 spiro atoms. The summed E-state index contributed by atoms with van der Waals surface area (Å²) >= 11 is 0. The fourth-order valence-electron chi connectivity index (χ4n) is 0.271. The van der Waals surface area contributed by atoms with Crippen molar-refractivity contribution in [2.75, 3.05) is 6.61 Å². The Morgan fingerprint density at radius 1 is 1.38 bits per heavy atom. The maximum atomic E-state index is 11.4. The molecule has 0 amide bonds. The van der Waals surface area contributed by atoms with Gasteiger partial charge in [0.25, 0.3) is 0 Å². The largest absolute Gasteiger partial charge is 0.453 e. The average Bonchev–Trinajstić information content (AvgIpc) is 2.02. The second-order valence-corrected chi connectivity index (χ2v) is 1.97. The molecular formula is C8H11F3O2. The van der Waals surface area contributed by atoms with Crippen LogP contribution in [0.5, 0.6) is 0 Å². The van der Waals surface area contributed by atoms with Crippen LogP contribution in [0.3, 0.4) is 0 Å². The van der Waals surface area contributed by atoms with Crippen LogP contribution in [-0.4, -0.2) is 18.8 Å². The highest BCUT2D eigenvalue weighted by Gasteiger charge is 2.29. The van der Waals surface area contributed by atoms with Crippen molar-refractivity contribution in [2.24, 2.45) is 0 Å². The first kappa shape index (κ1) is 14.3. The summed E-state index contributed by atoms with van der Waals surface area (Å²) in [5.74, 6) is -1.03. The molecule has 0 aliphatic rings. The number of carbonyl (C=O) groups is 1. The fraction of sp³-hybridized carbons (Fsp3) is 0.375. The maximum absolute atomic E-state index is 11.4. The fourth-order valence-corrected chi connectivity index (χ4v) is 0.271. The molecule has 0 radical (unpaired) electrons. The molecule has 0 unspecified atom stereocenters. The Labute approximate surface area is 74.7 Å². The Morgan fingerprint density at radius 2 is 1.77 bits per heavy atom. The highest BCUT2D eigenvalue weighted by molar-refractivity contribution is 5.86. The standard InChI is InChI=1S/C6H7F3O2.C2H4/c1-4(2)5(10)11-3-6(7,8)9;1-2/h1,3H2,2H3;1-2H2. The molecule has 0 aliphatic heterocycles. The molecule has 5 heteroatoms. The molecular weight excluding hydrogens is 185 g/mol. The lowest BCUT2D eigenvalue weighted by Gasteiger charge is -2.06. The molecule has 0 rings (SSSR count). The summed E-state index contributed by atoms with van der Waals surface area (Å²) in [6.07, 6.45) is -4.47. The second-order valence-electron chi connectivity index (χ2n) is 1.97. The number of halogens is 3. The lowest BCUT2D eigenvalue weighted by Crippen LogP contribution is -2.20. The van der Waals surface area contributed by atoms with Gasteiger partial charge in [0, 0.05) is 5.57 Å². The van der Waals surface area contributed by atoms with Crippen molar-refractivity contribution in [1.82, 2.24) is 0 Å². The molecule has 0 aromatic carbocycles. The first-order valence-electron chi connectivity index (χ1n) is 3.22. The molecule has 0 fully saturated rings. The van der Waals surface area contributed by atoms with E-state index >= 15 is 0 Å². The summed E-state index contributed by atoms with van der Waals surface area (Å²) in [6.45, 7) is 8.83. The normalized spacial score (nSPS) is 9.54. The van der Waals surface area contributed by atoms with Crippen molar-refractivity contribution in [3.8, 4) is 0 Å². The van der Waals surface area contributed by atoms with Crippen molar-refractivity contribution in [1.29, 1.82) is 0 Å². The topological polar surface area (TPSA) is 26.3 Å². The zero-order valence-electron chi connectivity index (χ0n) is 7.28. The summed E-state index contributed by atoms with van der Waals surface area (Å²) in [7, 11) is 0. The van der Waals surface area contributed by atoms with E-state index in [4.69, 9.17) is 0 Å². The van der Waals surface area contributed by atoms with E-state index in [1.807, 2.05) is 0 Å². The van der Waals surface area contributed by atoms with Crippen molar-refractivity contribution < 1.29 is 22.7 Å². The number of alkyl halides is 3. The zero-order valence-corrected chi connectivity index (χ0v) is 7.28. The van der Waals surface area contributed by atoms with Crippen LogP contribution in [0.1, 0.15) is 6.92 Å². The van der Waals surface area contributed by atoms with Gasteiger partial charge < -0.3 is 4.74 Å². The number of esters is 1. The molecule has 13 heavy (non-hydrogen) atoms. The van der Waals surface area contributed by atoms with Crippen LogP contribution in [0.4, 0.5) is 13.2 Å². The number of hydrogen-bond acceptors (Lipinski definition) is 2. The minimum Gasteiger partial charge on any atom is -0.453 e. The minimum absolute atomic E-state index is 0.0470. The SMILES string of the molecule is C=C.C=C(C)C(=O)OCC(F)(F)F. The van der Waals surface area contributed by atoms with Gasteiger partial charge in [0.2, 0.25) is 0 Å². The Bertz CT molecular complexity index is 184. The van der Waals surface area contributed by atoms with Crippen molar-refractivity contribution in [3.05, 3.63) is 25.3 Å². The quantitative estimate of drug-likeness (QED) is 0.385. The molecule has 0 heterocycles. The third-order valence-electron chi connectivity index (χ3n) is 0.715. The molecule has 0 aliphatic carbocycles. The van der Waals surface area contributed by atoms with Crippen LogP contribution in [0.15, 0.2) is 25.3 Å². The summed E-state index contributed by atoms with van der Waals surface area (Å²) < 4.78 is 37.9. The molecule has 0 atom stereocenters.